The number of imide groups is 1. The van der Waals surface area contributed by atoms with E-state index in [0.29, 0.717) is 16.8 Å². The van der Waals surface area contributed by atoms with Crippen LogP contribution in [0.3, 0.4) is 0 Å². The number of aliphatic hydroxyl groups is 1. The number of carbonyl (C=O) groups is 2. The number of nitrogen functional groups attached to an aromatic ring is 1. The molecule has 22 heavy (non-hydrogen) atoms. The number of nitrogens with one attached hydrogen (secondary N) is 1. The third-order valence-corrected chi connectivity index (χ3v) is 3.64. The molecule has 1 aromatic heterocycles. The number of nitrogens with zero attached hydrogens (tertiary/aromatic N) is 1. The highest BCUT2D eigenvalue weighted by Gasteiger charge is 2.31. The van der Waals surface area contributed by atoms with Crippen LogP contribution in [0.2, 0.25) is 0 Å². The molecule has 4 N–H and O–H groups in total. The Morgan fingerprint density at radius 3 is 2.55 bits per heavy atom. The van der Waals surface area contributed by atoms with E-state index in [1.54, 1.807) is 25.1 Å². The summed E-state index contributed by atoms with van der Waals surface area (Å²) in [6.07, 6.45) is 0. The summed E-state index contributed by atoms with van der Waals surface area (Å²) in [7, 11) is 0. The van der Waals surface area contributed by atoms with E-state index >= 15 is 0 Å². The number of aromatic nitrogens is 1. The average molecular weight is 299 g/mol. The molecule has 7 nitrogen and oxygen atoms in total. The lowest BCUT2D eigenvalue weighted by molar-refractivity contribution is 0.0880. The van der Waals surface area contributed by atoms with Crippen molar-refractivity contribution in [3.63, 3.8) is 0 Å². The molecule has 0 saturated heterocycles. The van der Waals surface area contributed by atoms with Gasteiger partial charge in [0.1, 0.15) is 5.82 Å². The second-order valence-electron chi connectivity index (χ2n) is 5.05. The number of hydrogen-bond acceptors (Lipinski definition) is 5. The molecule has 0 bridgehead atoms. The predicted octanol–water partition coefficient (Wildman–Crippen LogP) is 0.104. The van der Waals surface area contributed by atoms with Gasteiger partial charge in [-0.15, -0.1) is 0 Å². The highest BCUT2D eigenvalue weighted by Crippen LogP contribution is 2.24. The Morgan fingerprint density at radius 2 is 1.91 bits per heavy atom. The molecule has 2 heterocycles. The average Bonchev–Trinajstić information content (AvgIpc) is 2.75. The quantitative estimate of drug-likeness (QED) is 0.681. The van der Waals surface area contributed by atoms with Crippen LogP contribution in [-0.4, -0.2) is 21.5 Å². The lowest BCUT2D eigenvalue weighted by Gasteiger charge is -2.14. The van der Waals surface area contributed by atoms with E-state index < -0.39 is 17.4 Å². The van der Waals surface area contributed by atoms with E-state index in [1.807, 2.05) is 0 Å². The first kappa shape index (κ1) is 14.0. The molecule has 2 aromatic rings. The number of amides is 2. The Hall–Kier alpha value is -2.93. The number of rotatable bonds is 2. The molecule has 1 aliphatic rings. The molecule has 0 atom stereocenters. The molecule has 3 rings (SSSR count). The minimum Gasteiger partial charge on any atom is -0.392 e. The SMILES string of the molecule is Cc1cc(CO)ccc1-n1c(N)c2c(cc1=O)C(=O)NC2=O. The first-order valence-electron chi connectivity index (χ1n) is 6.56. The maximum atomic E-state index is 12.3. The van der Waals surface area contributed by atoms with Crippen LogP contribution in [0.1, 0.15) is 31.8 Å². The van der Waals surface area contributed by atoms with Crippen LogP contribution >= 0.6 is 0 Å². The Morgan fingerprint density at radius 1 is 1.18 bits per heavy atom. The molecule has 1 aromatic carbocycles. The fourth-order valence-corrected chi connectivity index (χ4v) is 2.59. The third kappa shape index (κ3) is 1.91. The van der Waals surface area contributed by atoms with E-state index in [1.165, 1.54) is 4.57 Å². The van der Waals surface area contributed by atoms with Crippen LogP contribution in [0.4, 0.5) is 5.82 Å². The lowest BCUT2D eigenvalue weighted by atomic mass is 10.1. The number of benzene rings is 1. The fraction of sp³-hybridized carbons (Fsp3) is 0.133. The van der Waals surface area contributed by atoms with Gasteiger partial charge in [-0.1, -0.05) is 12.1 Å². The molecule has 2 amide bonds. The van der Waals surface area contributed by atoms with Gasteiger partial charge in [-0.25, -0.2) is 0 Å². The van der Waals surface area contributed by atoms with E-state index in [0.717, 1.165) is 6.07 Å². The molecule has 1 aliphatic heterocycles. The van der Waals surface area contributed by atoms with Gasteiger partial charge >= 0.3 is 0 Å². The van der Waals surface area contributed by atoms with E-state index in [4.69, 9.17) is 10.8 Å². The molecule has 0 radical (unpaired) electrons. The largest absolute Gasteiger partial charge is 0.392 e. The van der Waals surface area contributed by atoms with E-state index in [9.17, 15) is 14.4 Å². The van der Waals surface area contributed by atoms with Gasteiger partial charge < -0.3 is 10.8 Å². The van der Waals surface area contributed by atoms with E-state index in [2.05, 4.69) is 5.32 Å². The first-order chi connectivity index (χ1) is 10.4. The van der Waals surface area contributed by atoms with Crippen LogP contribution in [-0.2, 0) is 6.61 Å². The summed E-state index contributed by atoms with van der Waals surface area (Å²) < 4.78 is 1.19. The minimum atomic E-state index is -0.622. The highest BCUT2D eigenvalue weighted by atomic mass is 16.3. The molecule has 0 spiro atoms. The van der Waals surface area contributed by atoms with Crippen molar-refractivity contribution >= 4 is 17.6 Å². The van der Waals surface area contributed by atoms with Gasteiger partial charge in [0, 0.05) is 6.07 Å². The summed E-state index contributed by atoms with van der Waals surface area (Å²) in [6.45, 7) is 1.64. The Bertz CT molecular complexity index is 883. The Balaban J connectivity index is 2.30. The number of aliphatic hydroxyl groups excluding tert-OH is 1. The smallest absolute Gasteiger partial charge is 0.262 e. The van der Waals surface area contributed by atoms with Crippen molar-refractivity contribution in [2.24, 2.45) is 0 Å². The van der Waals surface area contributed by atoms with Crippen LogP contribution in [0.5, 0.6) is 0 Å². The summed E-state index contributed by atoms with van der Waals surface area (Å²) in [4.78, 5) is 35.7. The molecular formula is C15H13N3O4. The molecule has 0 aliphatic carbocycles. The van der Waals surface area contributed by atoms with Crippen molar-refractivity contribution in [1.82, 2.24) is 9.88 Å². The number of pyridine rings is 1. The second kappa shape index (κ2) is 4.81. The summed E-state index contributed by atoms with van der Waals surface area (Å²) >= 11 is 0. The van der Waals surface area contributed by atoms with Gasteiger partial charge in [0.15, 0.2) is 0 Å². The van der Waals surface area contributed by atoms with Gasteiger partial charge in [0.25, 0.3) is 17.4 Å². The fourth-order valence-electron chi connectivity index (χ4n) is 2.59. The maximum Gasteiger partial charge on any atom is 0.262 e. The molecule has 0 saturated carbocycles. The van der Waals surface area contributed by atoms with Gasteiger partial charge in [-0.3, -0.25) is 24.3 Å². The maximum absolute atomic E-state index is 12.3. The van der Waals surface area contributed by atoms with Crippen molar-refractivity contribution < 1.29 is 14.7 Å². The number of aryl methyl sites for hydroxylation is 1. The van der Waals surface area contributed by atoms with Crippen molar-refractivity contribution in [1.29, 1.82) is 0 Å². The lowest BCUT2D eigenvalue weighted by Crippen LogP contribution is -2.24. The van der Waals surface area contributed by atoms with Crippen LogP contribution in [0.15, 0.2) is 29.1 Å². The zero-order chi connectivity index (χ0) is 16.0. The van der Waals surface area contributed by atoms with Crippen LogP contribution < -0.4 is 16.6 Å². The molecule has 0 fully saturated rings. The number of carbonyl (C=O) groups excluding carboxylic acids is 2. The normalized spacial score (nSPS) is 13.2. The van der Waals surface area contributed by atoms with Crippen LogP contribution in [0, 0.1) is 6.92 Å². The topological polar surface area (TPSA) is 114 Å². The summed E-state index contributed by atoms with van der Waals surface area (Å²) in [5.74, 6) is -1.31. The van der Waals surface area contributed by atoms with Crippen LogP contribution in [0.25, 0.3) is 5.69 Å². The molecule has 0 unspecified atom stereocenters. The van der Waals surface area contributed by atoms with Crippen molar-refractivity contribution in [2.75, 3.05) is 5.73 Å². The molecule has 7 heteroatoms. The summed E-state index contributed by atoms with van der Waals surface area (Å²) in [6, 6.07) is 6.12. The minimum absolute atomic E-state index is 0.00613. The summed E-state index contributed by atoms with van der Waals surface area (Å²) in [5, 5.41) is 11.3. The van der Waals surface area contributed by atoms with E-state index in [-0.39, 0.29) is 23.6 Å². The number of anilines is 1. The monoisotopic (exact) mass is 299 g/mol. The van der Waals surface area contributed by atoms with Gasteiger partial charge in [-0.2, -0.15) is 0 Å². The molecule has 112 valence electrons. The third-order valence-electron chi connectivity index (χ3n) is 3.64. The highest BCUT2D eigenvalue weighted by molar-refractivity contribution is 6.23. The summed E-state index contributed by atoms with van der Waals surface area (Å²) in [5.41, 5.74) is 7.37. The number of nitrogens with two attached hydrogens (primary N) is 1. The standard InChI is InChI=1S/C15H13N3O4/c1-7-4-8(6-19)2-3-10(7)18-11(20)5-9-12(13(18)16)15(22)17-14(9)21/h2-5,19H,6,16H2,1H3,(H,17,21,22). The Labute approximate surface area is 125 Å². The van der Waals surface area contributed by atoms with Gasteiger partial charge in [0.05, 0.1) is 23.4 Å². The predicted molar refractivity (Wildman–Crippen MR) is 78.9 cm³/mol. The zero-order valence-electron chi connectivity index (χ0n) is 11.7. The van der Waals surface area contributed by atoms with Crippen molar-refractivity contribution in [2.45, 2.75) is 13.5 Å². The van der Waals surface area contributed by atoms with Gasteiger partial charge in [-0.05, 0) is 24.1 Å². The Kier molecular flexibility index (Phi) is 3.07. The number of hydrogen-bond donors (Lipinski definition) is 3. The first-order valence-corrected chi connectivity index (χ1v) is 6.56. The number of fused-ring (bicyclic) bond motifs is 1. The van der Waals surface area contributed by atoms with Crippen molar-refractivity contribution in [3.8, 4) is 5.69 Å². The molecular weight excluding hydrogens is 286 g/mol. The van der Waals surface area contributed by atoms with Crippen molar-refractivity contribution in [3.05, 3.63) is 56.9 Å². The zero-order valence-corrected chi connectivity index (χ0v) is 11.7. The second-order valence-corrected chi connectivity index (χ2v) is 5.05. The van der Waals surface area contributed by atoms with Gasteiger partial charge in [0.2, 0.25) is 0 Å².